The average Bonchev–Trinajstić information content (AvgIpc) is 2.65. The van der Waals surface area contributed by atoms with Gasteiger partial charge in [-0.15, -0.1) is 9.35 Å². The molecule has 2 aromatic carbocycles. The molecule has 2 amide bonds. The van der Waals surface area contributed by atoms with Crippen LogP contribution in [-0.2, 0) is 20.8 Å². The Bertz CT molecular complexity index is 997. The molecule has 1 heterocycles. The smallest absolute Gasteiger partial charge is 0.266 e. The first-order valence-electron chi connectivity index (χ1n) is 9.24. The van der Waals surface area contributed by atoms with Crippen molar-refractivity contribution < 1.29 is 22.3 Å². The third-order valence-corrected chi connectivity index (χ3v) is 5.79. The van der Waals surface area contributed by atoms with Gasteiger partial charge < -0.3 is 0 Å². The van der Waals surface area contributed by atoms with Crippen molar-refractivity contribution in [3.8, 4) is 0 Å². The van der Waals surface area contributed by atoms with Gasteiger partial charge in [-0.2, -0.15) is 8.42 Å². The minimum atomic E-state index is -4.02. The summed E-state index contributed by atoms with van der Waals surface area (Å²) >= 11 is 0. The zero-order chi connectivity index (χ0) is 19.6. The summed E-state index contributed by atoms with van der Waals surface area (Å²) in [7, 11) is -4.02. The Morgan fingerprint density at radius 2 is 1.67 bits per heavy atom. The van der Waals surface area contributed by atoms with Crippen LogP contribution in [0, 0.1) is 0 Å². The summed E-state index contributed by atoms with van der Waals surface area (Å²) in [6.07, 6.45) is 3.86. The van der Waals surface area contributed by atoms with Gasteiger partial charge in [0.15, 0.2) is 0 Å². The maximum absolute atomic E-state index is 12.9. The molecule has 144 valence electrons. The summed E-state index contributed by atoms with van der Waals surface area (Å²) in [5.74, 6) is -1.73. The van der Waals surface area contributed by atoms with Gasteiger partial charge in [-0.3, -0.25) is 9.59 Å². The number of aryl methyl sites for hydroxylation is 1. The molecule has 1 aliphatic rings. The molecule has 1 aliphatic heterocycles. The summed E-state index contributed by atoms with van der Waals surface area (Å²) in [5.41, 5.74) is 1.56. The highest BCUT2D eigenvalue weighted by Gasteiger charge is 2.37. The number of carbonyl (C=O) groups is 2. The second kappa shape index (κ2) is 7.78. The van der Waals surface area contributed by atoms with Crippen LogP contribution in [0.2, 0.25) is 0 Å². The first kappa shape index (κ1) is 19.5. The van der Waals surface area contributed by atoms with Gasteiger partial charge in [0.05, 0.1) is 16.9 Å². The summed E-state index contributed by atoms with van der Waals surface area (Å²) < 4.78 is 29.2. The van der Waals surface area contributed by atoms with E-state index < -0.39 is 21.9 Å². The summed E-state index contributed by atoms with van der Waals surface area (Å²) in [6.45, 7) is 3.94. The molecule has 0 saturated carbocycles. The SMILES string of the molecule is CCCCc1cc2c3c(cccc3c1)C(=O)N(OS(=O)(=O)CCCC)C2=O. The second-order valence-corrected chi connectivity index (χ2v) is 8.42. The van der Waals surface area contributed by atoms with Crippen molar-refractivity contribution in [2.45, 2.75) is 46.0 Å². The van der Waals surface area contributed by atoms with Crippen LogP contribution in [0.4, 0.5) is 0 Å². The van der Waals surface area contributed by atoms with E-state index in [0.29, 0.717) is 28.9 Å². The van der Waals surface area contributed by atoms with Crippen LogP contribution in [0.5, 0.6) is 0 Å². The van der Waals surface area contributed by atoms with Crippen LogP contribution < -0.4 is 0 Å². The van der Waals surface area contributed by atoms with Crippen molar-refractivity contribution in [3.63, 3.8) is 0 Å². The Labute approximate surface area is 159 Å². The number of benzene rings is 2. The standard InChI is InChI=1S/C20H23NO5S/c1-3-5-8-14-12-15-9-7-10-16-18(15)17(13-14)20(23)21(19(16)22)26-27(24,25)11-6-4-2/h7,9-10,12-13H,3-6,8,11H2,1-2H3. The maximum Gasteiger partial charge on any atom is 0.288 e. The lowest BCUT2D eigenvalue weighted by Gasteiger charge is -2.25. The van der Waals surface area contributed by atoms with Gasteiger partial charge in [-0.05, 0) is 42.3 Å². The lowest BCUT2D eigenvalue weighted by Crippen LogP contribution is -2.42. The molecule has 0 spiro atoms. The highest BCUT2D eigenvalue weighted by molar-refractivity contribution is 7.86. The summed E-state index contributed by atoms with van der Waals surface area (Å²) in [6, 6.07) is 8.88. The predicted molar refractivity (Wildman–Crippen MR) is 103 cm³/mol. The molecule has 7 heteroatoms. The summed E-state index contributed by atoms with van der Waals surface area (Å²) in [4.78, 5) is 25.6. The summed E-state index contributed by atoms with van der Waals surface area (Å²) in [5, 5.41) is 1.75. The van der Waals surface area contributed by atoms with E-state index in [1.54, 1.807) is 18.2 Å². The van der Waals surface area contributed by atoms with Crippen molar-refractivity contribution in [2.24, 2.45) is 0 Å². The van der Waals surface area contributed by atoms with Crippen LogP contribution >= 0.6 is 0 Å². The van der Waals surface area contributed by atoms with E-state index in [0.717, 1.165) is 30.2 Å². The molecule has 0 atom stereocenters. The molecule has 3 rings (SSSR count). The maximum atomic E-state index is 12.9. The van der Waals surface area contributed by atoms with Crippen LogP contribution in [0.15, 0.2) is 30.3 Å². The van der Waals surface area contributed by atoms with Gasteiger partial charge in [0.1, 0.15) is 0 Å². The molecule has 0 N–H and O–H groups in total. The monoisotopic (exact) mass is 389 g/mol. The predicted octanol–water partition coefficient (Wildman–Crippen LogP) is 3.84. The van der Waals surface area contributed by atoms with Crippen LogP contribution in [0.1, 0.15) is 65.8 Å². The molecular weight excluding hydrogens is 366 g/mol. The Balaban J connectivity index is 2.05. The molecular formula is C20H23NO5S. The van der Waals surface area contributed by atoms with E-state index in [4.69, 9.17) is 4.28 Å². The number of unbranched alkanes of at least 4 members (excludes halogenated alkanes) is 2. The fraction of sp³-hybridized carbons (Fsp3) is 0.400. The van der Waals surface area contributed by atoms with Crippen LogP contribution in [-0.4, -0.2) is 31.0 Å². The Morgan fingerprint density at radius 3 is 2.37 bits per heavy atom. The number of rotatable bonds is 8. The van der Waals surface area contributed by atoms with Crippen molar-refractivity contribution in [1.29, 1.82) is 0 Å². The van der Waals surface area contributed by atoms with E-state index >= 15 is 0 Å². The molecule has 0 aromatic heterocycles. The van der Waals surface area contributed by atoms with E-state index in [1.165, 1.54) is 0 Å². The average molecular weight is 389 g/mol. The van der Waals surface area contributed by atoms with Gasteiger partial charge in [0.2, 0.25) is 0 Å². The van der Waals surface area contributed by atoms with Crippen molar-refractivity contribution in [1.82, 2.24) is 5.06 Å². The number of amides is 2. The molecule has 0 saturated heterocycles. The van der Waals surface area contributed by atoms with E-state index in [-0.39, 0.29) is 11.3 Å². The number of carbonyl (C=O) groups excluding carboxylic acids is 2. The fourth-order valence-corrected chi connectivity index (χ4v) is 4.29. The first-order valence-corrected chi connectivity index (χ1v) is 10.8. The largest absolute Gasteiger partial charge is 0.288 e. The van der Waals surface area contributed by atoms with Crippen molar-refractivity contribution in [2.75, 3.05) is 5.75 Å². The molecule has 27 heavy (non-hydrogen) atoms. The van der Waals surface area contributed by atoms with Gasteiger partial charge in [0, 0.05) is 5.39 Å². The van der Waals surface area contributed by atoms with Gasteiger partial charge >= 0.3 is 0 Å². The lowest BCUT2D eigenvalue weighted by atomic mass is 9.92. The van der Waals surface area contributed by atoms with E-state index in [9.17, 15) is 18.0 Å². The highest BCUT2D eigenvalue weighted by Crippen LogP contribution is 2.32. The third-order valence-electron chi connectivity index (χ3n) is 4.62. The van der Waals surface area contributed by atoms with E-state index in [1.807, 2.05) is 19.1 Å². The molecule has 0 bridgehead atoms. The first-order chi connectivity index (χ1) is 12.9. The van der Waals surface area contributed by atoms with Crippen LogP contribution in [0.3, 0.4) is 0 Å². The topological polar surface area (TPSA) is 80.8 Å². The number of nitrogens with zero attached hydrogens (tertiary/aromatic N) is 1. The van der Waals surface area contributed by atoms with Crippen LogP contribution in [0.25, 0.3) is 10.8 Å². The Kier molecular flexibility index (Phi) is 5.62. The molecule has 0 aliphatic carbocycles. The second-order valence-electron chi connectivity index (χ2n) is 6.75. The molecule has 2 aromatic rings. The Morgan fingerprint density at radius 1 is 0.963 bits per heavy atom. The zero-order valence-electron chi connectivity index (χ0n) is 15.5. The molecule has 0 radical (unpaired) electrons. The van der Waals surface area contributed by atoms with Crippen molar-refractivity contribution >= 4 is 32.7 Å². The molecule has 0 fully saturated rings. The molecule has 6 nitrogen and oxygen atoms in total. The Hall–Kier alpha value is -2.25. The fourth-order valence-electron chi connectivity index (χ4n) is 3.21. The minimum absolute atomic E-state index is 0.242. The normalized spacial score (nSPS) is 14.2. The number of imide groups is 1. The number of hydrogen-bond donors (Lipinski definition) is 0. The van der Waals surface area contributed by atoms with Gasteiger partial charge in [-0.25, -0.2) is 0 Å². The van der Waals surface area contributed by atoms with Gasteiger partial charge in [-0.1, -0.05) is 44.9 Å². The number of hydrogen-bond acceptors (Lipinski definition) is 5. The van der Waals surface area contributed by atoms with Gasteiger partial charge in [0.25, 0.3) is 21.9 Å². The zero-order valence-corrected chi connectivity index (χ0v) is 16.3. The minimum Gasteiger partial charge on any atom is -0.266 e. The lowest BCUT2D eigenvalue weighted by molar-refractivity contribution is -0.0155. The number of hydroxylamine groups is 2. The van der Waals surface area contributed by atoms with Crippen molar-refractivity contribution in [3.05, 3.63) is 47.0 Å². The quantitative estimate of drug-likeness (QED) is 0.641. The van der Waals surface area contributed by atoms with E-state index in [2.05, 4.69) is 6.92 Å². The third kappa shape index (κ3) is 3.89. The molecule has 0 unspecified atom stereocenters. The highest BCUT2D eigenvalue weighted by atomic mass is 32.2.